The van der Waals surface area contributed by atoms with Crippen molar-refractivity contribution in [3.8, 4) is 33.4 Å². The first-order valence-corrected chi connectivity index (χ1v) is 26.3. The first-order valence-electron chi connectivity index (χ1n) is 26.3. The molecule has 0 bridgehead atoms. The van der Waals surface area contributed by atoms with Crippen molar-refractivity contribution in [2.24, 2.45) is 10.7 Å². The Morgan fingerprint density at radius 3 is 1.74 bits per heavy atom. The number of nitrogens with zero attached hydrogens (tertiary/aromatic N) is 1. The second-order valence-corrected chi connectivity index (χ2v) is 19.7. The molecule has 74 heavy (non-hydrogen) atoms. The zero-order valence-electron chi connectivity index (χ0n) is 45.0. The highest BCUT2D eigenvalue weighted by Crippen LogP contribution is 2.56. The normalized spacial score (nSPS) is 12.8. The summed E-state index contributed by atoms with van der Waals surface area (Å²) in [5, 5.41) is 5.47. The van der Waals surface area contributed by atoms with E-state index in [4.69, 9.17) is 10.7 Å². The molecule has 9 aromatic rings. The number of para-hydroxylation sites is 1. The van der Waals surface area contributed by atoms with Crippen LogP contribution in [0.4, 0.5) is 5.69 Å². The molecule has 2 heteroatoms. The van der Waals surface area contributed by atoms with Crippen LogP contribution in [0.25, 0.3) is 60.6 Å². The molecular weight excluding hydrogens is 893 g/mol. The van der Waals surface area contributed by atoms with E-state index in [-0.39, 0.29) is 5.41 Å². The van der Waals surface area contributed by atoms with Crippen molar-refractivity contribution in [2.45, 2.75) is 86.0 Å². The minimum atomic E-state index is -0.0674. The van der Waals surface area contributed by atoms with Crippen molar-refractivity contribution in [1.29, 1.82) is 0 Å². The third-order valence-corrected chi connectivity index (χ3v) is 14.1. The second-order valence-electron chi connectivity index (χ2n) is 19.7. The molecule has 9 aromatic carbocycles. The number of unbranched alkanes of at least 4 members (excludes halogenated alkanes) is 1. The Bertz CT molecular complexity index is 3400. The van der Waals surface area contributed by atoms with Gasteiger partial charge in [0.05, 0.1) is 11.4 Å². The monoisotopic (exact) mass is 967 g/mol. The number of benzene rings is 9. The van der Waals surface area contributed by atoms with E-state index in [2.05, 4.69) is 207 Å². The number of nitrogens with two attached hydrogens (primary N) is 1. The Morgan fingerprint density at radius 1 is 0.608 bits per heavy atom. The SMILES string of the molecule is C=C/C=C\C.C=CCCC.CC[C@@H](C)c1ccccc1-c1cc2c(cc1C)-c1c(c3ccccc3c3ccccc13)C2(C)C.Cc1ccc(/C(N)=C/C(=Nc2ccccc2)c2ccc(-c3ccccc3)cc2)cc1. The van der Waals surface area contributed by atoms with Gasteiger partial charge in [0.25, 0.3) is 0 Å². The van der Waals surface area contributed by atoms with E-state index in [0.717, 1.165) is 35.4 Å². The van der Waals surface area contributed by atoms with E-state index in [1.807, 2.05) is 79.8 Å². The molecule has 1 atom stereocenters. The summed E-state index contributed by atoms with van der Waals surface area (Å²) in [4.78, 5) is 4.87. The third-order valence-electron chi connectivity index (χ3n) is 14.1. The standard InChI is InChI=1S/C34H32.C28H24N2.C5H10.C5H8/c1-6-21(2)23-13-7-8-14-24(23)29-20-31-30(19-22(29)3)32-27-17-11-9-15-25(27)26-16-10-12-18-28(26)33(32)34(31,4)5;1-21-12-14-24(15-13-21)27(29)20-28(30-26-10-6-3-7-11-26)25-18-16-23(17-19-25)22-8-4-2-5-9-22;2*1-3-5-4-2/h7-21H,6H2,1-5H3;2-20H,29H2,1H3;3H,1,4-5H2,2H3;3-5H,1H2,2H3/b;27-20-,30-28?;;5-4-/t21-;;;/m1.../s1. The van der Waals surface area contributed by atoms with Gasteiger partial charge >= 0.3 is 0 Å². The van der Waals surface area contributed by atoms with Crippen LogP contribution in [0.5, 0.6) is 0 Å². The van der Waals surface area contributed by atoms with Crippen LogP contribution in [0.1, 0.15) is 106 Å². The Hall–Kier alpha value is -8.07. The molecule has 0 radical (unpaired) electrons. The highest BCUT2D eigenvalue weighted by molar-refractivity contribution is 6.18. The number of hydrogen-bond donors (Lipinski definition) is 1. The van der Waals surface area contributed by atoms with Crippen molar-refractivity contribution in [3.63, 3.8) is 0 Å². The summed E-state index contributed by atoms with van der Waals surface area (Å²) in [6.45, 7) is 24.9. The first-order chi connectivity index (χ1) is 35.9. The second kappa shape index (κ2) is 25.5. The van der Waals surface area contributed by atoms with Crippen LogP contribution in [-0.2, 0) is 5.41 Å². The van der Waals surface area contributed by atoms with Crippen LogP contribution < -0.4 is 5.73 Å². The molecule has 2 nitrogen and oxygen atoms in total. The lowest BCUT2D eigenvalue weighted by Gasteiger charge is -2.25. The molecule has 1 aliphatic rings. The van der Waals surface area contributed by atoms with Gasteiger partial charge in [-0.15, -0.1) is 6.58 Å². The predicted molar refractivity (Wildman–Crippen MR) is 326 cm³/mol. The molecule has 0 spiro atoms. The van der Waals surface area contributed by atoms with Gasteiger partial charge in [0, 0.05) is 16.7 Å². The Morgan fingerprint density at radius 2 is 1.16 bits per heavy atom. The van der Waals surface area contributed by atoms with E-state index >= 15 is 0 Å². The number of rotatable bonds is 11. The largest absolute Gasteiger partial charge is 0.398 e. The predicted octanol–water partition coefficient (Wildman–Crippen LogP) is 20.3. The van der Waals surface area contributed by atoms with Gasteiger partial charge in [0.1, 0.15) is 0 Å². The quantitative estimate of drug-likeness (QED) is 0.0596. The molecule has 372 valence electrons. The lowest BCUT2D eigenvalue weighted by atomic mass is 9.78. The summed E-state index contributed by atoms with van der Waals surface area (Å²) < 4.78 is 0. The summed E-state index contributed by atoms with van der Waals surface area (Å²) in [6, 6.07) is 68.9. The molecule has 2 N–H and O–H groups in total. The number of allylic oxidation sites excluding steroid dienone is 5. The zero-order chi connectivity index (χ0) is 52.6. The molecule has 0 saturated carbocycles. The molecule has 10 rings (SSSR count). The van der Waals surface area contributed by atoms with Crippen LogP contribution in [0.3, 0.4) is 0 Å². The maximum Gasteiger partial charge on any atom is 0.0729 e. The lowest BCUT2D eigenvalue weighted by Crippen LogP contribution is -2.16. The summed E-state index contributed by atoms with van der Waals surface area (Å²) in [6.07, 6.45) is 13.0. The minimum Gasteiger partial charge on any atom is -0.398 e. The molecule has 1 aliphatic carbocycles. The summed E-state index contributed by atoms with van der Waals surface area (Å²) in [5.74, 6) is 0.543. The number of aryl methyl sites for hydroxylation is 2. The van der Waals surface area contributed by atoms with Crippen molar-refractivity contribution in [2.75, 3.05) is 0 Å². The average molecular weight is 967 g/mol. The fourth-order valence-electron chi connectivity index (χ4n) is 9.92. The Kier molecular flexibility index (Phi) is 18.5. The van der Waals surface area contributed by atoms with Gasteiger partial charge in [-0.1, -0.05) is 253 Å². The Balaban J connectivity index is 0.000000184. The van der Waals surface area contributed by atoms with E-state index in [9.17, 15) is 0 Å². The highest BCUT2D eigenvalue weighted by atomic mass is 14.7. The van der Waals surface area contributed by atoms with Crippen molar-refractivity contribution < 1.29 is 0 Å². The van der Waals surface area contributed by atoms with Crippen LogP contribution in [0.15, 0.2) is 243 Å². The molecule has 0 fully saturated rings. The third kappa shape index (κ3) is 12.4. The molecule has 0 aromatic heterocycles. The molecule has 0 amide bonds. The van der Waals surface area contributed by atoms with Crippen molar-refractivity contribution in [1.82, 2.24) is 0 Å². The summed E-state index contributed by atoms with van der Waals surface area (Å²) >= 11 is 0. The van der Waals surface area contributed by atoms with Gasteiger partial charge in [-0.3, -0.25) is 0 Å². The maximum absolute atomic E-state index is 6.44. The van der Waals surface area contributed by atoms with Gasteiger partial charge in [0.15, 0.2) is 0 Å². The fourth-order valence-corrected chi connectivity index (χ4v) is 9.92. The topological polar surface area (TPSA) is 38.4 Å². The van der Waals surface area contributed by atoms with Crippen molar-refractivity contribution >= 4 is 38.6 Å². The van der Waals surface area contributed by atoms with E-state index in [0.29, 0.717) is 11.6 Å². The first kappa shape index (κ1) is 53.7. The highest BCUT2D eigenvalue weighted by Gasteiger charge is 2.39. The number of fused-ring (bicyclic) bond motifs is 8. The average Bonchev–Trinajstić information content (AvgIpc) is 3.67. The van der Waals surface area contributed by atoms with Gasteiger partial charge < -0.3 is 5.73 Å². The molecule has 0 saturated heterocycles. The van der Waals surface area contributed by atoms with E-state index in [1.54, 1.807) is 6.08 Å². The molecule has 0 aliphatic heterocycles. The number of hydrogen-bond acceptors (Lipinski definition) is 2. The molecule has 0 unspecified atom stereocenters. The Labute approximate surface area is 443 Å². The van der Waals surface area contributed by atoms with E-state index < -0.39 is 0 Å². The molecular formula is C72H74N2. The van der Waals surface area contributed by atoms with Gasteiger partial charge in [-0.25, -0.2) is 4.99 Å². The van der Waals surface area contributed by atoms with Crippen molar-refractivity contribution in [3.05, 3.63) is 277 Å². The van der Waals surface area contributed by atoms with Gasteiger partial charge in [0.2, 0.25) is 0 Å². The summed E-state index contributed by atoms with van der Waals surface area (Å²) in [5.41, 5.74) is 25.7. The van der Waals surface area contributed by atoms with Crippen LogP contribution >= 0.6 is 0 Å². The lowest BCUT2D eigenvalue weighted by molar-refractivity contribution is 0.666. The smallest absolute Gasteiger partial charge is 0.0729 e. The van der Waals surface area contributed by atoms with Crippen LogP contribution in [0.2, 0.25) is 0 Å². The summed E-state index contributed by atoms with van der Waals surface area (Å²) in [7, 11) is 0. The van der Waals surface area contributed by atoms with Crippen LogP contribution in [-0.4, -0.2) is 5.71 Å². The minimum absolute atomic E-state index is 0.0674. The maximum atomic E-state index is 6.44. The van der Waals surface area contributed by atoms with Gasteiger partial charge in [-0.05, 0) is 147 Å². The van der Waals surface area contributed by atoms with E-state index in [1.165, 1.54) is 89.2 Å². The molecule has 0 heterocycles. The van der Waals surface area contributed by atoms with Gasteiger partial charge in [-0.2, -0.15) is 0 Å². The fraction of sp³-hybridized carbons (Fsp3) is 0.181. The zero-order valence-corrected chi connectivity index (χ0v) is 45.0. The van der Waals surface area contributed by atoms with Crippen LogP contribution in [0, 0.1) is 13.8 Å². The number of aliphatic imine (C=N–C) groups is 1.